The highest BCUT2D eigenvalue weighted by Gasteiger charge is 2.50. The summed E-state index contributed by atoms with van der Waals surface area (Å²) in [6.45, 7) is 82.4. The molecule has 824 valence electrons. The number of fused-ring (bicyclic) bond motifs is 5. The van der Waals surface area contributed by atoms with Gasteiger partial charge in [-0.15, -0.1) is 0 Å². The van der Waals surface area contributed by atoms with Crippen molar-refractivity contribution < 1.29 is 109 Å². The molecule has 12 rings (SSSR count). The smallest absolute Gasteiger partial charge is 0.345 e. The van der Waals surface area contributed by atoms with Gasteiger partial charge in [-0.25, -0.2) is 19.2 Å². The maximum atomic E-state index is 13.0. The Kier molecular flexibility index (Phi) is 42.0. The molecule has 8 heterocycles. The van der Waals surface area contributed by atoms with E-state index in [0.29, 0.717) is 65.2 Å². The fourth-order valence-corrected chi connectivity index (χ4v) is 22.1. The van der Waals surface area contributed by atoms with Crippen molar-refractivity contribution in [2.24, 2.45) is 47.3 Å². The largest absolute Gasteiger partial charge is 0.507 e. The molecule has 0 radical (unpaired) electrons. The van der Waals surface area contributed by atoms with Crippen LogP contribution in [0.1, 0.15) is 373 Å². The molecule has 4 unspecified atom stereocenters. The van der Waals surface area contributed by atoms with Crippen molar-refractivity contribution in [3.8, 4) is 23.0 Å². The van der Waals surface area contributed by atoms with Gasteiger partial charge in [-0.1, -0.05) is 258 Å². The van der Waals surface area contributed by atoms with Crippen LogP contribution in [0.3, 0.4) is 0 Å². The Hall–Kier alpha value is -8.13. The Bertz CT molecular complexity index is 5410. The number of rotatable bonds is 31. The number of carbonyl (C=O) groups is 4. The molecule has 0 aliphatic carbocycles. The number of esters is 4. The number of phenolic OH excluding ortho intramolecular Hbond substituents is 1. The van der Waals surface area contributed by atoms with E-state index in [1.165, 1.54) is 0 Å². The summed E-state index contributed by atoms with van der Waals surface area (Å²) in [5.41, 5.74) is 8.94. The molecule has 8 aliphatic rings. The van der Waals surface area contributed by atoms with Gasteiger partial charge in [0.15, 0.2) is 39.8 Å². The van der Waals surface area contributed by atoms with Crippen LogP contribution < -0.4 is 14.2 Å². The molecule has 4 saturated heterocycles. The highest BCUT2D eigenvalue weighted by Crippen LogP contribution is 2.47. The Labute approximate surface area is 890 Å². The number of aromatic hydroxyl groups is 1. The van der Waals surface area contributed by atoms with Gasteiger partial charge in [0.1, 0.15) is 51.4 Å². The topological polar surface area (TPSA) is 266 Å². The van der Waals surface area contributed by atoms with Crippen LogP contribution in [-0.4, -0.2) is 164 Å². The number of benzene rings is 4. The number of carbonyl (C=O) groups excluding carboxylic acids is 4. The van der Waals surface area contributed by atoms with Gasteiger partial charge in [0.2, 0.25) is 17.4 Å². The lowest BCUT2D eigenvalue weighted by Gasteiger charge is -2.39. The molecule has 4 fully saturated rings. The number of aliphatic hydroxyl groups is 1. The minimum atomic E-state index is -1.84. The summed E-state index contributed by atoms with van der Waals surface area (Å²) in [6.07, 6.45) is 40.2. The molecule has 0 saturated carbocycles. The van der Waals surface area contributed by atoms with Crippen molar-refractivity contribution in [2.45, 2.75) is 463 Å². The molecule has 0 amide bonds. The van der Waals surface area contributed by atoms with Crippen LogP contribution in [0.25, 0.3) is 24.3 Å². The third-order valence-corrected chi connectivity index (χ3v) is 38.9. The van der Waals surface area contributed by atoms with Crippen molar-refractivity contribution in [3.05, 3.63) is 188 Å². The maximum Gasteiger partial charge on any atom is 0.345 e. The quantitative estimate of drug-likeness (QED) is 0.0205. The Morgan fingerprint density at radius 2 is 0.757 bits per heavy atom. The number of hydrogen-bond donors (Lipinski definition) is 2. The van der Waals surface area contributed by atoms with E-state index in [9.17, 15) is 29.4 Å². The molecule has 25 heteroatoms. The molecule has 4 aromatic rings. The molecule has 0 aromatic heterocycles. The SMILES string of the molecule is CCCc1cc(/C=C/C[C@@H]2OC(C)(C)O[C@@H]2C(C)/C=C\[C@@H](C)[C@H](C)O)c2c(c1)OC(C)(C)OC2=O.CCCc1cc(/C=C/C[C@@H]2OC(C)(C)O[C@@H]2C(C)/C=C\[C@@H](C)[C@H](C)O[Si](C)(C)C(C)(C)C)c2c(c1)OC(C)(C)OC2=O.CCCc1cc(O)c2c(c1)/C=C/C[C@@H]1OC(C)(C)O[C@@H]1C(C)/C=C\[C@@H](C)[C@H](C)OC2=O.Cc1cc(/C=C/C[C@@H]2OC(C)(C)O[C@@H]2C(C)/C=C\[C@@H](C)[C@H](C)O[Si](C)(C)C(C)(C)C)c2c(c1)OC(C)(C)OC2=O. The summed E-state index contributed by atoms with van der Waals surface area (Å²) >= 11 is 0. The lowest BCUT2D eigenvalue weighted by molar-refractivity contribution is -0.148. The van der Waals surface area contributed by atoms with Gasteiger partial charge in [0.25, 0.3) is 0 Å². The summed E-state index contributed by atoms with van der Waals surface area (Å²) in [5, 5.41) is 20.8. The van der Waals surface area contributed by atoms with E-state index in [-0.39, 0.29) is 154 Å². The normalized spacial score (nSPS) is 26.7. The van der Waals surface area contributed by atoms with Crippen molar-refractivity contribution >= 4 is 64.8 Å². The first-order valence-electron chi connectivity index (χ1n) is 54.6. The molecule has 20 atom stereocenters. The van der Waals surface area contributed by atoms with Crippen LogP contribution in [0.2, 0.25) is 36.3 Å². The third-order valence-electron chi connectivity index (χ3n) is 29.7. The second kappa shape index (κ2) is 50.4. The highest BCUT2D eigenvalue weighted by atomic mass is 28.4. The first-order valence-corrected chi connectivity index (χ1v) is 60.4. The van der Waals surface area contributed by atoms with Gasteiger partial charge in [-0.2, -0.15) is 0 Å². The fraction of sp³-hybridized carbons (Fsp3) is 0.642. The fourth-order valence-electron chi connectivity index (χ4n) is 19.1. The van der Waals surface area contributed by atoms with Crippen LogP contribution in [-0.2, 0) is 85.0 Å². The van der Waals surface area contributed by atoms with Crippen LogP contribution in [0, 0.1) is 54.3 Å². The van der Waals surface area contributed by atoms with Gasteiger partial charge >= 0.3 is 23.9 Å². The number of hydrogen-bond acceptors (Lipinski definition) is 23. The molecule has 0 spiro atoms. The zero-order chi connectivity index (χ0) is 111. The highest BCUT2D eigenvalue weighted by molar-refractivity contribution is 6.74. The molecule has 8 aliphatic heterocycles. The molecule has 23 nitrogen and oxygen atoms in total. The second-order valence-corrected chi connectivity index (χ2v) is 58.4. The third kappa shape index (κ3) is 34.2. The second-order valence-electron chi connectivity index (χ2n) is 48.9. The van der Waals surface area contributed by atoms with E-state index in [2.05, 4.69) is 205 Å². The van der Waals surface area contributed by atoms with Crippen LogP contribution in [0.5, 0.6) is 23.0 Å². The Balaban J connectivity index is 0.000000221. The van der Waals surface area contributed by atoms with E-state index < -0.39 is 69.2 Å². The van der Waals surface area contributed by atoms with Crippen LogP contribution in [0.4, 0.5) is 0 Å². The van der Waals surface area contributed by atoms with Gasteiger partial charge in [-0.3, -0.25) is 0 Å². The number of aryl methyl sites for hydroxylation is 4. The van der Waals surface area contributed by atoms with E-state index in [0.717, 1.165) is 77.5 Å². The zero-order valence-electron chi connectivity index (χ0n) is 97.4. The minimum absolute atomic E-state index is 0.0172. The van der Waals surface area contributed by atoms with E-state index >= 15 is 0 Å². The van der Waals surface area contributed by atoms with Gasteiger partial charge < -0.3 is 90.1 Å². The van der Waals surface area contributed by atoms with Crippen molar-refractivity contribution in [1.82, 2.24) is 0 Å². The molecule has 0 bridgehead atoms. The first kappa shape index (κ1) is 123. The van der Waals surface area contributed by atoms with E-state index in [1.807, 2.05) is 162 Å². The molecular formula is C123H186O23Si2. The summed E-state index contributed by atoms with van der Waals surface area (Å²) in [7, 11) is -3.67. The predicted molar refractivity (Wildman–Crippen MR) is 596 cm³/mol. The molecular weight excluding hydrogens is 1900 g/mol. The average Bonchev–Trinajstić information content (AvgIpc) is 0.807. The van der Waals surface area contributed by atoms with Crippen LogP contribution >= 0.6 is 0 Å². The zero-order valence-corrected chi connectivity index (χ0v) is 99.4. The van der Waals surface area contributed by atoms with Gasteiger partial charge in [-0.05, 0) is 258 Å². The Morgan fingerprint density at radius 1 is 0.412 bits per heavy atom. The molecule has 148 heavy (non-hydrogen) atoms. The minimum Gasteiger partial charge on any atom is -0.507 e. The summed E-state index contributed by atoms with van der Waals surface area (Å²) in [6, 6.07) is 15.5. The van der Waals surface area contributed by atoms with Gasteiger partial charge in [0, 0.05) is 83.3 Å². The number of ether oxygens (including phenoxy) is 15. The number of aliphatic hydroxyl groups excluding tert-OH is 1. The average molecular weight is 2090 g/mol. The summed E-state index contributed by atoms with van der Waals surface area (Å²) < 4.78 is 104. The molecule has 2 N–H and O–H groups in total. The summed E-state index contributed by atoms with van der Waals surface area (Å²) in [4.78, 5) is 51.5. The summed E-state index contributed by atoms with van der Waals surface area (Å²) in [5.74, 6) is -4.31. The van der Waals surface area contributed by atoms with E-state index in [4.69, 9.17) is 79.9 Å². The van der Waals surface area contributed by atoms with Crippen LogP contribution in [0.15, 0.2) is 121 Å². The maximum absolute atomic E-state index is 13.0. The first-order chi connectivity index (χ1) is 68.4. The predicted octanol–water partition coefficient (Wildman–Crippen LogP) is 29.2. The number of cyclic esters (lactones) is 4. The molecule has 4 aromatic carbocycles. The number of phenols is 1. The van der Waals surface area contributed by atoms with Crippen molar-refractivity contribution in [2.75, 3.05) is 0 Å². The standard InChI is InChI=1S/C35H56O6Si.C33H52O6Si.C29H42O6.C26H36O5/c1-14-16-26-21-27(30-29(22-26)38-35(10,11)40-32(30)36)17-15-18-28-31(39-34(8,9)37-28)24(3)20-19-23(2)25(4)41-42(12,13)33(5,6)7;1-21-19-25(28-27(20-21)36-33(10,11)38-30(28)34)15-14-16-26-29(37-32(8,9)35-26)23(3)18-17-22(2)24(4)39-40(12,13)31(5,6)7;1-9-11-21-16-22(25-24(17-21)33-29(7,8)35-27(25)31)12-10-13-23-26(34-28(5,6)32-23)19(3)15-14-18(2)20(4)30;1-7-9-19-14-20-10-8-11-22-24(31-26(5,6)30-22)17(3)13-12-16(2)18(4)29-25(28)23(20)21(27)15-19/h15,17,19-25,28,31H,14,16,18H2,1-13H3;14-15,17-20,22-24,26,29H,16H2,1-13H3;10,12,14-20,23,26,30H,9,11,13H2,1-8H3;8,10,12-18,22,24,27H,7,9,11H2,1-6H3/b17-15+,20-19-;15-14+,18-17-;12-10+,15-14-;10-8+,13-12-/t23-,24?,25+,28+,31-;22-,23?,24+,26+,29-;18-,19?,20+,23+,26-;16-,17?,18+,22+,24-/m1111/s1. The lowest BCUT2D eigenvalue weighted by atomic mass is 9.94. The van der Waals surface area contributed by atoms with Crippen molar-refractivity contribution in [3.63, 3.8) is 0 Å². The Morgan fingerprint density at radius 3 is 1.12 bits per heavy atom. The van der Waals surface area contributed by atoms with Gasteiger partial charge in [0.05, 0.1) is 54.9 Å². The monoisotopic (exact) mass is 2090 g/mol. The van der Waals surface area contributed by atoms with E-state index in [1.54, 1.807) is 54.5 Å². The van der Waals surface area contributed by atoms with Crippen molar-refractivity contribution in [1.29, 1.82) is 0 Å². The lowest BCUT2D eigenvalue weighted by Crippen LogP contribution is -2.44.